The molecule has 1 unspecified atom stereocenters. The molecule has 2 aliphatic rings. The zero-order valence-electron chi connectivity index (χ0n) is 8.40. The Labute approximate surface area is 75.9 Å². The van der Waals surface area contributed by atoms with Gasteiger partial charge in [0.15, 0.2) is 0 Å². The summed E-state index contributed by atoms with van der Waals surface area (Å²) in [5.74, 6) is 1.99. The first-order valence-electron chi connectivity index (χ1n) is 5.44. The van der Waals surface area contributed by atoms with E-state index in [9.17, 15) is 0 Å². The van der Waals surface area contributed by atoms with Gasteiger partial charge >= 0.3 is 0 Å². The van der Waals surface area contributed by atoms with Gasteiger partial charge in [-0.05, 0) is 56.0 Å². The average molecular weight is 167 g/mol. The molecule has 0 bridgehead atoms. The molecule has 2 fully saturated rings. The molecule has 0 aromatic rings. The molecule has 12 heavy (non-hydrogen) atoms. The monoisotopic (exact) mass is 167 g/mol. The highest BCUT2D eigenvalue weighted by molar-refractivity contribution is 5.04. The maximum Gasteiger partial charge on any atom is -0.00435 e. The van der Waals surface area contributed by atoms with Crippen molar-refractivity contribution in [1.29, 1.82) is 0 Å². The van der Waals surface area contributed by atoms with E-state index in [2.05, 4.69) is 19.2 Å². The molecule has 0 amide bonds. The van der Waals surface area contributed by atoms with Gasteiger partial charge in [0.1, 0.15) is 0 Å². The van der Waals surface area contributed by atoms with Crippen molar-refractivity contribution in [2.45, 2.75) is 39.5 Å². The quantitative estimate of drug-likeness (QED) is 0.666. The molecule has 1 aliphatic heterocycles. The van der Waals surface area contributed by atoms with Crippen molar-refractivity contribution in [2.24, 2.45) is 17.3 Å². The molecule has 1 saturated carbocycles. The Bertz CT molecular complexity index is 156. The fraction of sp³-hybridized carbons (Fsp3) is 1.00. The zero-order valence-corrected chi connectivity index (χ0v) is 8.40. The highest BCUT2D eigenvalue weighted by atomic mass is 14.9. The minimum atomic E-state index is 0.815. The molecule has 2 rings (SSSR count). The lowest BCUT2D eigenvalue weighted by atomic mass is 9.89. The van der Waals surface area contributed by atoms with Crippen LogP contribution in [0, 0.1) is 17.3 Å². The third-order valence-electron chi connectivity index (χ3n) is 3.71. The number of rotatable bonds is 2. The number of hydrogen-bond donors (Lipinski definition) is 1. The summed E-state index contributed by atoms with van der Waals surface area (Å²) in [5, 5.41) is 3.45. The van der Waals surface area contributed by atoms with Gasteiger partial charge in [0.25, 0.3) is 0 Å². The standard InChI is InChI=1S/C11H21N/c1-9(2)7-10-8-11(10)3-5-12-6-4-11/h9-10,12H,3-8H2,1-2H3. The summed E-state index contributed by atoms with van der Waals surface area (Å²) < 4.78 is 0. The Kier molecular flexibility index (Phi) is 2.16. The van der Waals surface area contributed by atoms with Crippen molar-refractivity contribution >= 4 is 0 Å². The van der Waals surface area contributed by atoms with Gasteiger partial charge in [0.05, 0.1) is 0 Å². The van der Waals surface area contributed by atoms with Gasteiger partial charge in [-0.2, -0.15) is 0 Å². The van der Waals surface area contributed by atoms with Gasteiger partial charge in [-0.1, -0.05) is 13.8 Å². The Hall–Kier alpha value is -0.0400. The topological polar surface area (TPSA) is 12.0 Å². The van der Waals surface area contributed by atoms with Crippen LogP contribution >= 0.6 is 0 Å². The van der Waals surface area contributed by atoms with Crippen LogP contribution in [0.15, 0.2) is 0 Å². The third-order valence-corrected chi connectivity index (χ3v) is 3.71. The van der Waals surface area contributed by atoms with Crippen LogP contribution in [0.2, 0.25) is 0 Å². The number of nitrogens with one attached hydrogen (secondary N) is 1. The van der Waals surface area contributed by atoms with Crippen LogP contribution in [-0.2, 0) is 0 Å². The van der Waals surface area contributed by atoms with Crippen molar-refractivity contribution < 1.29 is 0 Å². The number of hydrogen-bond acceptors (Lipinski definition) is 1. The largest absolute Gasteiger partial charge is 0.317 e. The molecule has 1 heterocycles. The van der Waals surface area contributed by atoms with Gasteiger partial charge in [0.2, 0.25) is 0 Å². The molecular weight excluding hydrogens is 146 g/mol. The summed E-state index contributed by atoms with van der Waals surface area (Å²) in [4.78, 5) is 0. The fourth-order valence-electron chi connectivity index (χ4n) is 2.87. The second kappa shape index (κ2) is 3.02. The summed E-state index contributed by atoms with van der Waals surface area (Å²) in [6.07, 6.45) is 5.90. The maximum atomic E-state index is 3.45. The molecule has 1 atom stereocenters. The molecule has 1 aliphatic carbocycles. The van der Waals surface area contributed by atoms with E-state index in [1.807, 2.05) is 0 Å². The molecule has 1 nitrogen and oxygen atoms in total. The van der Waals surface area contributed by atoms with Crippen molar-refractivity contribution in [3.63, 3.8) is 0 Å². The van der Waals surface area contributed by atoms with E-state index in [1.54, 1.807) is 0 Å². The second-order valence-corrected chi connectivity index (χ2v) is 5.14. The van der Waals surface area contributed by atoms with E-state index in [4.69, 9.17) is 0 Å². The number of piperidine rings is 1. The molecule has 1 heteroatoms. The lowest BCUT2D eigenvalue weighted by molar-refractivity contribution is 0.306. The van der Waals surface area contributed by atoms with E-state index < -0.39 is 0 Å². The maximum absolute atomic E-state index is 3.45. The van der Waals surface area contributed by atoms with E-state index in [-0.39, 0.29) is 0 Å². The smallest absolute Gasteiger partial charge is 0.00435 e. The van der Waals surface area contributed by atoms with Crippen molar-refractivity contribution in [1.82, 2.24) is 5.32 Å². The van der Waals surface area contributed by atoms with Crippen LogP contribution in [-0.4, -0.2) is 13.1 Å². The van der Waals surface area contributed by atoms with Crippen LogP contribution in [0.3, 0.4) is 0 Å². The van der Waals surface area contributed by atoms with E-state index in [0.29, 0.717) is 0 Å². The van der Waals surface area contributed by atoms with Gasteiger partial charge in [0, 0.05) is 0 Å². The van der Waals surface area contributed by atoms with Gasteiger partial charge in [-0.25, -0.2) is 0 Å². The van der Waals surface area contributed by atoms with Crippen molar-refractivity contribution in [3.05, 3.63) is 0 Å². The van der Waals surface area contributed by atoms with Crippen molar-refractivity contribution in [3.8, 4) is 0 Å². The first-order chi connectivity index (χ1) is 5.73. The highest BCUT2D eigenvalue weighted by Gasteiger charge is 2.53. The first kappa shape index (κ1) is 8.55. The zero-order chi connectivity index (χ0) is 8.60. The Morgan fingerprint density at radius 2 is 2.00 bits per heavy atom. The van der Waals surface area contributed by atoms with Crippen molar-refractivity contribution in [2.75, 3.05) is 13.1 Å². The van der Waals surface area contributed by atoms with E-state index in [0.717, 1.165) is 17.3 Å². The minimum Gasteiger partial charge on any atom is -0.317 e. The molecular formula is C11H21N. The Balaban J connectivity index is 1.83. The summed E-state index contributed by atoms with van der Waals surface area (Å²) in [6.45, 7) is 7.25. The van der Waals surface area contributed by atoms with Crippen LogP contribution in [0.4, 0.5) is 0 Å². The molecule has 70 valence electrons. The molecule has 0 aromatic carbocycles. The highest BCUT2D eigenvalue weighted by Crippen LogP contribution is 2.60. The molecule has 0 radical (unpaired) electrons. The fourth-order valence-corrected chi connectivity index (χ4v) is 2.87. The average Bonchev–Trinajstić information content (AvgIpc) is 2.63. The summed E-state index contributed by atoms with van der Waals surface area (Å²) in [7, 11) is 0. The van der Waals surface area contributed by atoms with Crippen LogP contribution in [0.1, 0.15) is 39.5 Å². The Morgan fingerprint density at radius 3 is 2.58 bits per heavy atom. The molecule has 0 aromatic heterocycles. The van der Waals surface area contributed by atoms with Crippen LogP contribution in [0.5, 0.6) is 0 Å². The molecule has 1 saturated heterocycles. The Morgan fingerprint density at radius 1 is 1.33 bits per heavy atom. The van der Waals surface area contributed by atoms with Gasteiger partial charge in [-0.15, -0.1) is 0 Å². The predicted octanol–water partition coefficient (Wildman–Crippen LogP) is 2.42. The molecule has 1 spiro atoms. The second-order valence-electron chi connectivity index (χ2n) is 5.14. The van der Waals surface area contributed by atoms with E-state index in [1.165, 1.54) is 38.8 Å². The van der Waals surface area contributed by atoms with Gasteiger partial charge < -0.3 is 5.32 Å². The lowest BCUT2D eigenvalue weighted by Crippen LogP contribution is -2.29. The van der Waals surface area contributed by atoms with Crippen LogP contribution < -0.4 is 5.32 Å². The summed E-state index contributed by atoms with van der Waals surface area (Å²) in [6, 6.07) is 0. The van der Waals surface area contributed by atoms with E-state index >= 15 is 0 Å². The first-order valence-corrected chi connectivity index (χ1v) is 5.44. The summed E-state index contributed by atoms with van der Waals surface area (Å²) in [5.41, 5.74) is 0.815. The predicted molar refractivity (Wildman–Crippen MR) is 52.1 cm³/mol. The SMILES string of the molecule is CC(C)CC1CC12CCNCC2. The summed E-state index contributed by atoms with van der Waals surface area (Å²) >= 11 is 0. The van der Waals surface area contributed by atoms with Gasteiger partial charge in [-0.3, -0.25) is 0 Å². The van der Waals surface area contributed by atoms with Crippen LogP contribution in [0.25, 0.3) is 0 Å². The third kappa shape index (κ3) is 1.52. The minimum absolute atomic E-state index is 0.815. The lowest BCUT2D eigenvalue weighted by Gasteiger charge is -2.24. The normalized spacial score (nSPS) is 32.8. The molecule has 1 N–H and O–H groups in total.